The molecule has 3 saturated carbocycles. The molecule has 0 bridgehead atoms. The summed E-state index contributed by atoms with van der Waals surface area (Å²) in [5.74, 6) is 1.11. The van der Waals surface area contributed by atoms with Gasteiger partial charge >= 0.3 is 29.6 Å². The van der Waals surface area contributed by atoms with Crippen LogP contribution in [0.3, 0.4) is 0 Å². The van der Waals surface area contributed by atoms with Crippen LogP contribution in [0.2, 0.25) is 0 Å². The Morgan fingerprint density at radius 2 is 1.92 bits per heavy atom. The fourth-order valence-corrected chi connectivity index (χ4v) is 8.29. The molecule has 0 aromatic carbocycles. The Kier molecular flexibility index (Phi) is 5.38. The van der Waals surface area contributed by atoms with E-state index in [9.17, 15) is 22.9 Å². The first-order chi connectivity index (χ1) is 11.6. The molecule has 0 aromatic rings. The maximum Gasteiger partial charge on any atom is 1.00 e. The third-order valence-corrected chi connectivity index (χ3v) is 9.62. The van der Waals surface area contributed by atoms with Crippen LogP contribution in [0.5, 0.6) is 0 Å². The van der Waals surface area contributed by atoms with Crippen molar-refractivity contribution >= 4 is 15.9 Å². The van der Waals surface area contributed by atoms with Crippen molar-refractivity contribution in [2.24, 2.45) is 28.6 Å². The van der Waals surface area contributed by atoms with Crippen molar-refractivity contribution < 1.29 is 53.9 Å². The molecule has 0 spiro atoms. The molecule has 4 rings (SSSR count). The summed E-state index contributed by atoms with van der Waals surface area (Å²) in [5.41, 5.74) is 0.0934. The largest absolute Gasteiger partial charge is 1.00 e. The zero-order valence-corrected chi connectivity index (χ0v) is 18.8. The van der Waals surface area contributed by atoms with Gasteiger partial charge in [-0.3, -0.25) is 9.35 Å². The topological polar surface area (TPSA) is 91.7 Å². The smallest absolute Gasteiger partial charge is 1.00 e. The normalized spacial score (nSPS) is 47.9. The van der Waals surface area contributed by atoms with Crippen LogP contribution < -0.4 is 29.6 Å². The average Bonchev–Trinajstić information content (AvgIpc) is 2.82. The molecule has 0 aliphatic heterocycles. The Morgan fingerprint density at radius 1 is 1.23 bits per heavy atom. The summed E-state index contributed by atoms with van der Waals surface area (Å²) in [6, 6.07) is 0. The fourth-order valence-electron chi connectivity index (χ4n) is 6.88. The summed E-state index contributed by atoms with van der Waals surface area (Å²) < 4.78 is 34.3. The van der Waals surface area contributed by atoms with Gasteiger partial charge in [0, 0.05) is 17.3 Å². The Hall–Kier alpha value is 0.280. The third kappa shape index (κ3) is 2.82. The minimum Gasteiger partial charge on any atom is -1.00 e. The number of ketones is 1. The van der Waals surface area contributed by atoms with E-state index in [1.165, 1.54) is 0 Å². The number of fused-ring (bicyclic) bond motifs is 5. The number of Topliss-reactive ketones (excluding diaryl/α,β-unsaturated/α-hetero) is 1. The van der Waals surface area contributed by atoms with E-state index < -0.39 is 26.9 Å². The molecular formula is C19H29NaO5S. The van der Waals surface area contributed by atoms with Gasteiger partial charge in [0.25, 0.3) is 10.1 Å². The molecule has 7 atom stereocenters. The van der Waals surface area contributed by atoms with Crippen LogP contribution in [0.15, 0.2) is 11.6 Å². The number of aliphatic hydroxyl groups excluding tert-OH is 1. The summed E-state index contributed by atoms with van der Waals surface area (Å²) in [6.45, 7) is 4.06. The zero-order valence-electron chi connectivity index (χ0n) is 16.9. The molecule has 2 unspecified atom stereocenters. The van der Waals surface area contributed by atoms with Crippen molar-refractivity contribution in [3.05, 3.63) is 11.6 Å². The Morgan fingerprint density at radius 3 is 2.58 bits per heavy atom. The van der Waals surface area contributed by atoms with Gasteiger partial charge in [-0.15, -0.1) is 0 Å². The SMILES string of the molecule is C[C@]12CC[C@@H]3[C@@H](CC=C4CC(O)CC(S(=O)(=O)O)[C@@]43C)[C@@H]1CCC2=O.[H-].[Na+]. The summed E-state index contributed by atoms with van der Waals surface area (Å²) >= 11 is 0. The molecule has 0 heterocycles. The molecule has 3 fully saturated rings. The van der Waals surface area contributed by atoms with Gasteiger partial charge in [0.05, 0.1) is 11.4 Å². The van der Waals surface area contributed by atoms with Gasteiger partial charge in [-0.05, 0) is 56.3 Å². The second-order valence-electron chi connectivity index (χ2n) is 9.14. The van der Waals surface area contributed by atoms with Gasteiger partial charge in [-0.1, -0.05) is 25.5 Å². The van der Waals surface area contributed by atoms with E-state index in [4.69, 9.17) is 0 Å². The van der Waals surface area contributed by atoms with Gasteiger partial charge < -0.3 is 6.53 Å². The van der Waals surface area contributed by atoms with E-state index in [1.807, 2.05) is 6.92 Å². The molecule has 4 aliphatic rings. The molecule has 26 heavy (non-hydrogen) atoms. The van der Waals surface area contributed by atoms with Gasteiger partial charge in [0.1, 0.15) is 5.78 Å². The Balaban J connectivity index is 0.00000131. The molecule has 4 aliphatic carbocycles. The van der Waals surface area contributed by atoms with Crippen LogP contribution in [0.1, 0.15) is 60.2 Å². The fraction of sp³-hybridized carbons (Fsp3) is 0.842. The van der Waals surface area contributed by atoms with E-state index >= 15 is 0 Å². The zero-order chi connectivity index (χ0) is 18.2. The number of hydrogen-bond acceptors (Lipinski definition) is 4. The molecule has 142 valence electrons. The Bertz CT molecular complexity index is 753. The average molecular weight is 392 g/mol. The van der Waals surface area contributed by atoms with Crippen LogP contribution in [0.4, 0.5) is 0 Å². The van der Waals surface area contributed by atoms with Crippen molar-refractivity contribution in [2.45, 2.75) is 70.1 Å². The molecule has 2 N–H and O–H groups in total. The van der Waals surface area contributed by atoms with Crippen molar-refractivity contribution in [1.82, 2.24) is 0 Å². The second kappa shape index (κ2) is 6.67. The molecule has 7 heteroatoms. The summed E-state index contributed by atoms with van der Waals surface area (Å²) in [4.78, 5) is 12.4. The van der Waals surface area contributed by atoms with Gasteiger partial charge in [-0.25, -0.2) is 0 Å². The third-order valence-electron chi connectivity index (χ3n) is 8.21. The van der Waals surface area contributed by atoms with E-state index in [1.54, 1.807) is 0 Å². The van der Waals surface area contributed by atoms with Crippen molar-refractivity contribution in [3.8, 4) is 0 Å². The first-order valence-corrected chi connectivity index (χ1v) is 11.0. The van der Waals surface area contributed by atoms with Gasteiger partial charge in [0.15, 0.2) is 0 Å². The minimum atomic E-state index is -4.25. The summed E-state index contributed by atoms with van der Waals surface area (Å²) in [6.07, 6.45) is 5.99. The second-order valence-corrected chi connectivity index (χ2v) is 10.7. The molecule has 5 nitrogen and oxygen atoms in total. The molecule has 0 saturated heterocycles. The maximum absolute atomic E-state index is 12.4. The predicted octanol–water partition coefficient (Wildman–Crippen LogP) is -0.138. The van der Waals surface area contributed by atoms with Crippen molar-refractivity contribution in [1.29, 1.82) is 0 Å². The summed E-state index contributed by atoms with van der Waals surface area (Å²) in [5, 5.41) is 9.20. The van der Waals surface area contributed by atoms with Gasteiger partial charge in [0.2, 0.25) is 0 Å². The molecule has 0 radical (unpaired) electrons. The number of allylic oxidation sites excluding steroid dienone is 1. The minimum absolute atomic E-state index is 0. The van der Waals surface area contributed by atoms with Crippen LogP contribution in [-0.2, 0) is 14.9 Å². The predicted molar refractivity (Wildman–Crippen MR) is 94.5 cm³/mol. The van der Waals surface area contributed by atoms with Gasteiger partial charge in [-0.2, -0.15) is 8.42 Å². The van der Waals surface area contributed by atoms with Crippen LogP contribution in [0.25, 0.3) is 0 Å². The van der Waals surface area contributed by atoms with E-state index in [0.717, 1.165) is 31.3 Å². The summed E-state index contributed by atoms with van der Waals surface area (Å²) in [7, 11) is -4.25. The van der Waals surface area contributed by atoms with Crippen LogP contribution >= 0.6 is 0 Å². The molecular weight excluding hydrogens is 363 g/mol. The molecule has 0 amide bonds. The van der Waals surface area contributed by atoms with Crippen molar-refractivity contribution in [2.75, 3.05) is 0 Å². The first kappa shape index (κ1) is 21.0. The van der Waals surface area contributed by atoms with E-state index in [0.29, 0.717) is 30.5 Å². The molecule has 0 aromatic heterocycles. The number of carbonyl (C=O) groups excluding carboxylic acids is 1. The number of rotatable bonds is 1. The van der Waals surface area contributed by atoms with E-state index in [-0.39, 0.29) is 48.7 Å². The number of carbonyl (C=O) groups is 1. The quantitative estimate of drug-likeness (QED) is 0.368. The maximum atomic E-state index is 12.4. The number of hydrogen-bond donors (Lipinski definition) is 2. The van der Waals surface area contributed by atoms with Crippen LogP contribution in [0, 0.1) is 28.6 Å². The Labute approximate surface area is 179 Å². The van der Waals surface area contributed by atoms with E-state index in [2.05, 4.69) is 13.0 Å². The first-order valence-electron chi connectivity index (χ1n) is 9.45. The van der Waals surface area contributed by atoms with Crippen LogP contribution in [-0.4, -0.2) is 35.2 Å². The van der Waals surface area contributed by atoms with Crippen molar-refractivity contribution in [3.63, 3.8) is 0 Å². The number of aliphatic hydroxyl groups is 1. The monoisotopic (exact) mass is 392 g/mol. The standard InChI is InChI=1S/C19H28O5S.Na.H/c1-18-8-7-15-13(14(18)5-6-16(18)21)4-3-11-9-12(20)10-17(19(11,15)2)25(22,23)24;;/h3,12-15,17,20H,4-10H2,1-2H3,(H,22,23,24);;/q;+1;-1/t12?,13-,14-,15+,17?,18-,19-;;/m0../s1.